The normalized spacial score (nSPS) is 27.9. The van der Waals surface area contributed by atoms with Crippen LogP contribution in [0, 0.1) is 5.92 Å². The van der Waals surface area contributed by atoms with Crippen LogP contribution in [0.5, 0.6) is 0 Å². The maximum Gasteiger partial charge on any atom is 0.169 e. The van der Waals surface area contributed by atoms with Crippen molar-refractivity contribution in [1.82, 2.24) is 4.90 Å². The number of rotatable bonds is 2. The second kappa shape index (κ2) is 5.17. The summed E-state index contributed by atoms with van der Waals surface area (Å²) in [7, 11) is 0. The van der Waals surface area contributed by atoms with Crippen molar-refractivity contribution in [1.29, 1.82) is 0 Å². The minimum absolute atomic E-state index is 0. The number of Topliss-reactive ketones (excluding diaryl/α,β-unsaturated/α-hetero) is 1. The predicted octanol–water partition coefficient (Wildman–Crippen LogP) is 1.51. The second-order valence-electron chi connectivity index (χ2n) is 4.60. The average Bonchev–Trinajstić information content (AvgIpc) is 2.54. The minimum Gasteiger partial charge on any atom is -0.368 e. The Morgan fingerprint density at radius 1 is 1.24 bits per heavy atom. The summed E-state index contributed by atoms with van der Waals surface area (Å²) in [5.41, 5.74) is 1.30. The first-order valence-corrected chi connectivity index (χ1v) is 5.74. The quantitative estimate of drug-likeness (QED) is 0.800. The Hall–Kier alpha value is -0.900. The molecule has 2 aliphatic heterocycles. The van der Waals surface area contributed by atoms with Gasteiger partial charge in [0.2, 0.25) is 0 Å². The average molecular weight is 254 g/mol. The molecule has 0 saturated carbocycles. The third-order valence-electron chi connectivity index (χ3n) is 3.37. The van der Waals surface area contributed by atoms with E-state index in [1.54, 1.807) is 0 Å². The van der Waals surface area contributed by atoms with Gasteiger partial charge in [0, 0.05) is 19.6 Å². The van der Waals surface area contributed by atoms with Crippen molar-refractivity contribution in [2.24, 2.45) is 5.92 Å². The highest BCUT2D eigenvalue weighted by atomic mass is 35.5. The van der Waals surface area contributed by atoms with E-state index in [0.29, 0.717) is 12.4 Å². The molecule has 0 aromatic heterocycles. The van der Waals surface area contributed by atoms with Crippen LogP contribution >= 0.6 is 12.4 Å². The Morgan fingerprint density at radius 3 is 2.71 bits per heavy atom. The van der Waals surface area contributed by atoms with Gasteiger partial charge in [-0.3, -0.25) is 9.69 Å². The summed E-state index contributed by atoms with van der Waals surface area (Å²) in [4.78, 5) is 14.0. The minimum atomic E-state index is -0.164. The Kier molecular flexibility index (Phi) is 3.82. The van der Waals surface area contributed by atoms with E-state index in [9.17, 15) is 4.79 Å². The van der Waals surface area contributed by atoms with Gasteiger partial charge in [0.05, 0.1) is 12.5 Å². The molecule has 0 spiro atoms. The van der Waals surface area contributed by atoms with Crippen molar-refractivity contribution in [3.05, 3.63) is 35.9 Å². The lowest BCUT2D eigenvalue weighted by Crippen LogP contribution is -2.44. The zero-order valence-corrected chi connectivity index (χ0v) is 10.4. The molecule has 0 aliphatic carbocycles. The summed E-state index contributed by atoms with van der Waals surface area (Å²) in [6.07, 6.45) is -0.164. The van der Waals surface area contributed by atoms with Gasteiger partial charge in [-0.2, -0.15) is 0 Å². The van der Waals surface area contributed by atoms with Crippen LogP contribution in [0.2, 0.25) is 0 Å². The molecule has 17 heavy (non-hydrogen) atoms. The molecule has 92 valence electrons. The van der Waals surface area contributed by atoms with Crippen molar-refractivity contribution in [2.75, 3.05) is 19.7 Å². The largest absolute Gasteiger partial charge is 0.368 e. The predicted molar refractivity (Wildman–Crippen MR) is 67.2 cm³/mol. The maximum absolute atomic E-state index is 11.6. The number of carbonyl (C=O) groups is 1. The molecule has 2 aliphatic rings. The number of ether oxygens (including phenoxy) is 1. The van der Waals surface area contributed by atoms with E-state index in [-0.39, 0.29) is 24.4 Å². The summed E-state index contributed by atoms with van der Waals surface area (Å²) >= 11 is 0. The first kappa shape index (κ1) is 12.6. The number of ketones is 1. The van der Waals surface area contributed by atoms with E-state index >= 15 is 0 Å². The second-order valence-corrected chi connectivity index (χ2v) is 4.60. The van der Waals surface area contributed by atoms with Crippen molar-refractivity contribution >= 4 is 18.2 Å². The number of likely N-dealkylation sites (tertiary alicyclic amines) is 1. The molecule has 2 saturated heterocycles. The number of nitrogens with zero attached hydrogens (tertiary/aromatic N) is 1. The number of fused-ring (bicyclic) bond motifs is 2. The monoisotopic (exact) mass is 253 g/mol. The summed E-state index contributed by atoms with van der Waals surface area (Å²) in [5.74, 6) is 0.423. The standard InChI is InChI=1S/C13H15NO2.ClH/c15-13-11-7-14(8-12(13)16-9-11)6-10-4-2-1-3-5-10;/h1-5,11-12H,6-9H2;1H. The van der Waals surface area contributed by atoms with Gasteiger partial charge >= 0.3 is 0 Å². The molecule has 2 atom stereocenters. The molecule has 1 aromatic rings. The fourth-order valence-electron chi connectivity index (χ4n) is 2.54. The van der Waals surface area contributed by atoms with Crippen molar-refractivity contribution in [2.45, 2.75) is 12.6 Å². The van der Waals surface area contributed by atoms with E-state index in [1.807, 2.05) is 6.07 Å². The van der Waals surface area contributed by atoms with Gasteiger partial charge in [0.1, 0.15) is 6.10 Å². The Morgan fingerprint density at radius 2 is 2.00 bits per heavy atom. The molecule has 2 unspecified atom stereocenters. The van der Waals surface area contributed by atoms with E-state index in [4.69, 9.17) is 4.74 Å². The Balaban J connectivity index is 0.00000108. The van der Waals surface area contributed by atoms with Crippen molar-refractivity contribution in [3.63, 3.8) is 0 Å². The highest BCUT2D eigenvalue weighted by Crippen LogP contribution is 2.24. The lowest BCUT2D eigenvalue weighted by molar-refractivity contribution is -0.128. The highest BCUT2D eigenvalue weighted by molar-refractivity contribution is 5.88. The topological polar surface area (TPSA) is 29.5 Å². The first-order chi connectivity index (χ1) is 7.83. The van der Waals surface area contributed by atoms with Crippen LogP contribution < -0.4 is 0 Å². The fourth-order valence-corrected chi connectivity index (χ4v) is 2.54. The number of piperidine rings is 1. The molecular formula is C13H16ClNO2. The third-order valence-corrected chi connectivity index (χ3v) is 3.37. The van der Waals surface area contributed by atoms with Gasteiger partial charge in [-0.1, -0.05) is 30.3 Å². The van der Waals surface area contributed by atoms with Crippen molar-refractivity contribution < 1.29 is 9.53 Å². The van der Waals surface area contributed by atoms with Gasteiger partial charge in [0.15, 0.2) is 5.78 Å². The molecule has 3 rings (SSSR count). The zero-order chi connectivity index (χ0) is 11.0. The summed E-state index contributed by atoms with van der Waals surface area (Å²) in [6, 6.07) is 10.4. The van der Waals surface area contributed by atoms with Gasteiger partial charge in [-0.15, -0.1) is 12.4 Å². The molecular weight excluding hydrogens is 238 g/mol. The molecule has 3 nitrogen and oxygen atoms in total. The molecule has 2 bridgehead atoms. The molecule has 0 amide bonds. The first-order valence-electron chi connectivity index (χ1n) is 5.74. The molecule has 0 radical (unpaired) electrons. The summed E-state index contributed by atoms with van der Waals surface area (Å²) in [6.45, 7) is 3.15. The van der Waals surface area contributed by atoms with Crippen LogP contribution in [0.4, 0.5) is 0 Å². The maximum atomic E-state index is 11.6. The summed E-state index contributed by atoms with van der Waals surface area (Å²) < 4.78 is 5.47. The van der Waals surface area contributed by atoms with E-state index < -0.39 is 0 Å². The van der Waals surface area contributed by atoms with Crippen LogP contribution in [-0.2, 0) is 16.1 Å². The number of hydrogen-bond acceptors (Lipinski definition) is 3. The van der Waals surface area contributed by atoms with Crippen molar-refractivity contribution in [3.8, 4) is 0 Å². The highest BCUT2D eigenvalue weighted by Gasteiger charge is 2.41. The molecule has 0 N–H and O–H groups in total. The number of hydrogen-bond donors (Lipinski definition) is 0. The zero-order valence-electron chi connectivity index (χ0n) is 9.54. The number of benzene rings is 1. The van der Waals surface area contributed by atoms with Gasteiger partial charge in [0.25, 0.3) is 0 Å². The van der Waals surface area contributed by atoms with E-state index in [2.05, 4.69) is 29.2 Å². The molecule has 2 fully saturated rings. The number of halogens is 1. The van der Waals surface area contributed by atoms with Crippen LogP contribution in [0.3, 0.4) is 0 Å². The number of carbonyl (C=O) groups excluding carboxylic acids is 1. The van der Waals surface area contributed by atoms with Crippen LogP contribution in [-0.4, -0.2) is 36.5 Å². The lowest BCUT2D eigenvalue weighted by atomic mass is 9.98. The Labute approximate surface area is 107 Å². The SMILES string of the molecule is Cl.O=C1C2COC1CN(Cc1ccccc1)C2. The van der Waals surface area contributed by atoms with E-state index in [0.717, 1.165) is 19.6 Å². The molecule has 4 heteroatoms. The Bertz CT molecular complexity index is 380. The van der Waals surface area contributed by atoms with E-state index in [1.165, 1.54) is 5.56 Å². The third kappa shape index (κ3) is 2.51. The molecule has 1 aromatic carbocycles. The van der Waals surface area contributed by atoms with Crippen LogP contribution in [0.25, 0.3) is 0 Å². The van der Waals surface area contributed by atoms with Crippen LogP contribution in [0.1, 0.15) is 5.56 Å². The van der Waals surface area contributed by atoms with Gasteiger partial charge < -0.3 is 4.74 Å². The van der Waals surface area contributed by atoms with Gasteiger partial charge in [-0.25, -0.2) is 0 Å². The molecule has 2 heterocycles. The van der Waals surface area contributed by atoms with Crippen LogP contribution in [0.15, 0.2) is 30.3 Å². The van der Waals surface area contributed by atoms with Gasteiger partial charge in [-0.05, 0) is 5.56 Å². The smallest absolute Gasteiger partial charge is 0.169 e. The fraction of sp³-hybridized carbons (Fsp3) is 0.462. The summed E-state index contributed by atoms with van der Waals surface area (Å²) in [5, 5.41) is 0. The lowest BCUT2D eigenvalue weighted by Gasteiger charge is -2.29.